The van der Waals surface area contributed by atoms with Crippen LogP contribution in [0, 0.1) is 12.8 Å². The molecule has 1 aliphatic carbocycles. The molecule has 2 aromatic heterocycles. The number of fused-ring (bicyclic) bond motifs is 1. The summed E-state index contributed by atoms with van der Waals surface area (Å²) in [4.78, 5) is 27.7. The molecule has 0 radical (unpaired) electrons. The van der Waals surface area contributed by atoms with Crippen molar-refractivity contribution in [2.45, 2.75) is 38.6 Å². The second-order valence-corrected chi connectivity index (χ2v) is 7.63. The first kappa shape index (κ1) is 19.1. The third-order valence-corrected chi connectivity index (χ3v) is 5.54. The van der Waals surface area contributed by atoms with Crippen molar-refractivity contribution >= 4 is 28.8 Å². The number of anilines is 1. The number of methoxy groups -OCH3 is 1. The average Bonchev–Trinajstić information content (AvgIpc) is 3.16. The van der Waals surface area contributed by atoms with Gasteiger partial charge in [-0.25, -0.2) is 0 Å². The molecule has 29 heavy (non-hydrogen) atoms. The smallest absolute Gasteiger partial charge is 0.257 e. The van der Waals surface area contributed by atoms with Crippen LogP contribution in [0.25, 0.3) is 10.9 Å². The van der Waals surface area contributed by atoms with Gasteiger partial charge in [0.15, 0.2) is 0 Å². The Kier molecular flexibility index (Phi) is 5.29. The van der Waals surface area contributed by atoms with Gasteiger partial charge < -0.3 is 14.8 Å². The highest BCUT2D eigenvalue weighted by Crippen LogP contribution is 2.34. The molecular weight excluding hydrogens is 368 g/mol. The second kappa shape index (κ2) is 8.03. The van der Waals surface area contributed by atoms with Crippen LogP contribution in [0.4, 0.5) is 5.69 Å². The lowest BCUT2D eigenvalue weighted by molar-refractivity contribution is -0.112. The summed E-state index contributed by atoms with van der Waals surface area (Å²) in [6.45, 7) is 1.90. The molecule has 1 fully saturated rings. The number of carbonyl (C=O) groups is 2. The Labute approximate surface area is 169 Å². The molecule has 1 saturated carbocycles. The largest absolute Gasteiger partial charge is 0.494 e. The monoisotopic (exact) mass is 392 g/mol. The van der Waals surface area contributed by atoms with Gasteiger partial charge in [0.2, 0.25) is 0 Å². The van der Waals surface area contributed by atoms with Crippen LogP contribution in [-0.2, 0) is 4.79 Å². The van der Waals surface area contributed by atoms with Gasteiger partial charge in [-0.1, -0.05) is 0 Å². The van der Waals surface area contributed by atoms with Gasteiger partial charge in [-0.05, 0) is 50.3 Å². The lowest BCUT2D eigenvalue weighted by Gasteiger charge is -2.25. The Morgan fingerprint density at radius 2 is 2.00 bits per heavy atom. The van der Waals surface area contributed by atoms with Crippen LogP contribution in [-0.4, -0.2) is 34.1 Å². The number of nitrogens with one attached hydrogen (secondary N) is 1. The number of benzene rings is 1. The van der Waals surface area contributed by atoms with Gasteiger partial charge in [-0.15, -0.1) is 0 Å². The summed E-state index contributed by atoms with van der Waals surface area (Å²) >= 11 is 0. The summed E-state index contributed by atoms with van der Waals surface area (Å²) in [7, 11) is 1.57. The van der Waals surface area contributed by atoms with Gasteiger partial charge in [0, 0.05) is 36.0 Å². The van der Waals surface area contributed by atoms with Crippen LogP contribution in [0.15, 0.2) is 36.8 Å². The van der Waals surface area contributed by atoms with Crippen LogP contribution >= 0.6 is 0 Å². The van der Waals surface area contributed by atoms with E-state index in [1.165, 1.54) is 0 Å². The number of aldehydes is 1. The predicted octanol–water partition coefficient (Wildman–Crippen LogP) is 3.93. The lowest BCUT2D eigenvalue weighted by atomic mass is 9.87. The fourth-order valence-electron chi connectivity index (χ4n) is 3.90. The number of hydrogen-bond donors (Lipinski definition) is 1. The quantitative estimate of drug-likeness (QED) is 0.665. The van der Waals surface area contributed by atoms with Crippen molar-refractivity contribution in [3.8, 4) is 5.75 Å². The molecular formula is C22H24N4O3. The molecule has 150 valence electrons. The van der Waals surface area contributed by atoms with Crippen molar-refractivity contribution in [3.63, 3.8) is 0 Å². The van der Waals surface area contributed by atoms with Crippen molar-refractivity contribution in [1.82, 2.24) is 14.8 Å². The third-order valence-electron chi connectivity index (χ3n) is 5.54. The highest BCUT2D eigenvalue weighted by Gasteiger charge is 2.23. The van der Waals surface area contributed by atoms with Gasteiger partial charge in [-0.3, -0.25) is 14.5 Å². The van der Waals surface area contributed by atoms with Crippen molar-refractivity contribution < 1.29 is 14.3 Å². The third kappa shape index (κ3) is 3.99. The lowest BCUT2D eigenvalue weighted by Crippen LogP contribution is -2.19. The summed E-state index contributed by atoms with van der Waals surface area (Å²) in [6, 6.07) is 5.81. The topological polar surface area (TPSA) is 86.1 Å². The van der Waals surface area contributed by atoms with Gasteiger partial charge >= 0.3 is 0 Å². The molecule has 1 N–H and O–H groups in total. The summed E-state index contributed by atoms with van der Waals surface area (Å²) in [6.07, 6.45) is 10.0. The van der Waals surface area contributed by atoms with Gasteiger partial charge in [0.1, 0.15) is 12.0 Å². The van der Waals surface area contributed by atoms with Crippen LogP contribution in [0.1, 0.15) is 47.6 Å². The molecule has 0 aliphatic heterocycles. The number of hydrogen-bond acceptors (Lipinski definition) is 5. The molecule has 0 saturated heterocycles. The van der Waals surface area contributed by atoms with E-state index in [1.54, 1.807) is 25.6 Å². The first-order chi connectivity index (χ1) is 14.1. The van der Waals surface area contributed by atoms with E-state index < -0.39 is 0 Å². The Balaban J connectivity index is 1.60. The maximum atomic E-state index is 12.6. The number of aryl methyl sites for hydroxylation is 1. The molecule has 3 aromatic rings. The number of nitrogens with zero attached hydrogens (tertiary/aromatic N) is 3. The van der Waals surface area contributed by atoms with Crippen molar-refractivity contribution in [3.05, 3.63) is 47.9 Å². The molecule has 0 atom stereocenters. The van der Waals surface area contributed by atoms with Crippen LogP contribution in [0.3, 0.4) is 0 Å². The Bertz CT molecular complexity index is 1050. The zero-order valence-electron chi connectivity index (χ0n) is 16.6. The van der Waals surface area contributed by atoms with Crippen LogP contribution < -0.4 is 10.1 Å². The van der Waals surface area contributed by atoms with E-state index in [9.17, 15) is 9.59 Å². The van der Waals surface area contributed by atoms with Gasteiger partial charge in [0.05, 0.1) is 29.9 Å². The second-order valence-electron chi connectivity index (χ2n) is 7.63. The maximum Gasteiger partial charge on any atom is 0.257 e. The molecule has 1 aliphatic rings. The standard InChI is InChI=1S/C22H24N4O3/c1-14-7-16(11-23-10-14)22(28)24-20-8-17-12-26(25-19(17)9-21(20)29-2)18-5-3-15(13-27)4-6-18/h7-13,15,18H,3-6H2,1-2H3,(H,24,28). The Hall–Kier alpha value is -3.22. The van der Waals surface area contributed by atoms with E-state index in [1.807, 2.05) is 29.9 Å². The number of amides is 1. The molecule has 1 aromatic carbocycles. The number of pyridine rings is 1. The molecule has 1 amide bonds. The summed E-state index contributed by atoms with van der Waals surface area (Å²) in [5, 5.41) is 8.56. The number of aromatic nitrogens is 3. The maximum absolute atomic E-state index is 12.6. The molecule has 4 rings (SSSR count). The van der Waals surface area contributed by atoms with E-state index in [0.717, 1.165) is 48.4 Å². The Morgan fingerprint density at radius 3 is 2.69 bits per heavy atom. The highest BCUT2D eigenvalue weighted by molar-refractivity contribution is 6.06. The SMILES string of the molecule is COc1cc2nn(C3CCC(C=O)CC3)cc2cc1NC(=O)c1cncc(C)c1. The first-order valence-electron chi connectivity index (χ1n) is 9.82. The summed E-state index contributed by atoms with van der Waals surface area (Å²) < 4.78 is 7.47. The van der Waals surface area contributed by atoms with Crippen LogP contribution in [0.2, 0.25) is 0 Å². The minimum absolute atomic E-state index is 0.175. The molecule has 0 bridgehead atoms. The minimum atomic E-state index is -0.238. The van der Waals surface area contributed by atoms with E-state index in [-0.39, 0.29) is 11.8 Å². The Morgan fingerprint density at radius 1 is 1.21 bits per heavy atom. The van der Waals surface area contributed by atoms with E-state index in [0.29, 0.717) is 23.0 Å². The first-order valence-corrected chi connectivity index (χ1v) is 9.82. The predicted molar refractivity (Wildman–Crippen MR) is 110 cm³/mol. The van der Waals surface area contributed by atoms with E-state index in [2.05, 4.69) is 10.3 Å². The molecule has 7 heteroatoms. The molecule has 2 heterocycles. The molecule has 0 spiro atoms. The van der Waals surface area contributed by atoms with Crippen molar-refractivity contribution in [2.75, 3.05) is 12.4 Å². The highest BCUT2D eigenvalue weighted by atomic mass is 16.5. The summed E-state index contributed by atoms with van der Waals surface area (Å²) in [5.74, 6) is 0.494. The molecule has 7 nitrogen and oxygen atoms in total. The number of carbonyl (C=O) groups excluding carboxylic acids is 2. The van der Waals surface area contributed by atoms with Gasteiger partial charge in [0.25, 0.3) is 5.91 Å². The minimum Gasteiger partial charge on any atom is -0.494 e. The zero-order valence-corrected chi connectivity index (χ0v) is 16.6. The van der Waals surface area contributed by atoms with Crippen molar-refractivity contribution in [1.29, 1.82) is 0 Å². The molecule has 0 unspecified atom stereocenters. The zero-order chi connectivity index (χ0) is 20.4. The van der Waals surface area contributed by atoms with Crippen LogP contribution in [0.5, 0.6) is 5.75 Å². The normalized spacial score (nSPS) is 19.1. The van der Waals surface area contributed by atoms with Gasteiger partial charge in [-0.2, -0.15) is 5.10 Å². The van der Waals surface area contributed by atoms with E-state index in [4.69, 9.17) is 9.84 Å². The number of rotatable bonds is 5. The summed E-state index contributed by atoms with van der Waals surface area (Å²) in [5.41, 5.74) is 2.82. The fraction of sp³-hybridized carbons (Fsp3) is 0.364. The average molecular weight is 392 g/mol. The van der Waals surface area contributed by atoms with Crippen molar-refractivity contribution in [2.24, 2.45) is 5.92 Å². The fourth-order valence-corrected chi connectivity index (χ4v) is 3.90. The van der Waals surface area contributed by atoms with E-state index >= 15 is 0 Å². The number of ether oxygens (including phenoxy) is 1.